The number of imidazole rings is 1. The number of nitrogen functional groups attached to an aromatic ring is 1. The van der Waals surface area contributed by atoms with Crippen molar-refractivity contribution in [2.75, 3.05) is 19.3 Å². The van der Waals surface area contributed by atoms with Gasteiger partial charge in [0, 0.05) is 13.5 Å². The molecule has 136 valence electrons. The molecule has 0 aromatic carbocycles. The summed E-state index contributed by atoms with van der Waals surface area (Å²) in [6.45, 7) is 0.587. The summed E-state index contributed by atoms with van der Waals surface area (Å²) in [6.07, 6.45) is 5.87. The van der Waals surface area contributed by atoms with Crippen molar-refractivity contribution in [1.29, 1.82) is 0 Å². The molecule has 9 nitrogen and oxygen atoms in total. The largest absolute Gasteiger partial charge is 0.389 e. The molecule has 2 aromatic heterocycles. The number of nitrogens with zero attached hydrogens (tertiary/aromatic N) is 5. The molecule has 25 heavy (non-hydrogen) atoms. The molecule has 2 aromatic rings. The van der Waals surface area contributed by atoms with Gasteiger partial charge >= 0.3 is 0 Å². The number of nitrogens with two attached hydrogens (primary N) is 2. The van der Waals surface area contributed by atoms with Crippen molar-refractivity contribution in [1.82, 2.24) is 24.4 Å². The molecule has 9 heteroatoms. The Balaban J connectivity index is 1.73. The van der Waals surface area contributed by atoms with Gasteiger partial charge in [-0.05, 0) is 32.2 Å². The van der Waals surface area contributed by atoms with Gasteiger partial charge in [-0.15, -0.1) is 0 Å². The normalized spacial score (nSPS) is 23.2. The minimum atomic E-state index is -0.683. The van der Waals surface area contributed by atoms with Gasteiger partial charge in [0.15, 0.2) is 11.5 Å². The summed E-state index contributed by atoms with van der Waals surface area (Å²) in [4.78, 5) is 26.4. The Hall–Kier alpha value is -2.26. The molecule has 5 N–H and O–H groups in total. The van der Waals surface area contributed by atoms with Crippen LogP contribution in [0.2, 0.25) is 0 Å². The molecule has 1 aliphatic carbocycles. The van der Waals surface area contributed by atoms with Gasteiger partial charge in [0.25, 0.3) is 0 Å². The number of aromatic nitrogens is 4. The van der Waals surface area contributed by atoms with Crippen molar-refractivity contribution >= 4 is 22.9 Å². The molecular weight excluding hydrogens is 322 g/mol. The Bertz CT molecular complexity index is 747. The number of carbonyl (C=O) groups is 1. The van der Waals surface area contributed by atoms with Crippen LogP contribution in [-0.2, 0) is 4.79 Å². The molecule has 1 amide bonds. The Morgan fingerprint density at radius 1 is 1.36 bits per heavy atom. The smallest absolute Gasteiger partial charge is 0.222 e. The average Bonchev–Trinajstić information content (AvgIpc) is 3.18. The number of fused-ring (bicyclic) bond motifs is 1. The highest BCUT2D eigenvalue weighted by atomic mass is 16.3. The molecule has 2 heterocycles. The number of aliphatic hydroxyl groups excluding tert-OH is 1. The van der Waals surface area contributed by atoms with E-state index in [0.29, 0.717) is 29.9 Å². The van der Waals surface area contributed by atoms with E-state index in [1.165, 1.54) is 6.33 Å². The summed E-state index contributed by atoms with van der Waals surface area (Å²) in [5.41, 5.74) is 12.4. The van der Waals surface area contributed by atoms with Crippen molar-refractivity contribution in [3.63, 3.8) is 0 Å². The van der Waals surface area contributed by atoms with E-state index in [9.17, 15) is 9.90 Å². The molecule has 1 saturated carbocycles. The second-order valence-electron chi connectivity index (χ2n) is 6.54. The molecule has 3 atom stereocenters. The maximum atomic E-state index is 12.3. The molecule has 0 spiro atoms. The molecular formula is C16H25N7O2. The lowest BCUT2D eigenvalue weighted by Crippen LogP contribution is -2.43. The summed E-state index contributed by atoms with van der Waals surface area (Å²) >= 11 is 0. The van der Waals surface area contributed by atoms with Crippen molar-refractivity contribution in [3.05, 3.63) is 12.7 Å². The molecule has 0 aliphatic heterocycles. The summed E-state index contributed by atoms with van der Waals surface area (Å²) in [5, 5.41) is 10.8. The Morgan fingerprint density at radius 2 is 2.16 bits per heavy atom. The quantitative estimate of drug-likeness (QED) is 0.628. The molecule has 0 saturated heterocycles. The van der Waals surface area contributed by atoms with Crippen LogP contribution in [0.3, 0.4) is 0 Å². The molecule has 3 rings (SSSR count). The number of hydrogen-bond acceptors (Lipinski definition) is 7. The summed E-state index contributed by atoms with van der Waals surface area (Å²) in [6, 6.07) is -0.407. The molecule has 0 radical (unpaired) electrons. The molecule has 1 aliphatic rings. The van der Waals surface area contributed by atoms with Gasteiger partial charge < -0.3 is 26.0 Å². The van der Waals surface area contributed by atoms with E-state index < -0.39 is 6.10 Å². The third-order valence-electron chi connectivity index (χ3n) is 5.03. The topological polar surface area (TPSA) is 136 Å². The van der Waals surface area contributed by atoms with Crippen LogP contribution in [0.15, 0.2) is 12.7 Å². The minimum Gasteiger partial charge on any atom is -0.389 e. The zero-order valence-electron chi connectivity index (χ0n) is 14.4. The first-order valence-electron chi connectivity index (χ1n) is 8.61. The third kappa shape index (κ3) is 3.29. The highest BCUT2D eigenvalue weighted by Gasteiger charge is 2.40. The van der Waals surface area contributed by atoms with Crippen LogP contribution in [-0.4, -0.2) is 61.2 Å². The van der Waals surface area contributed by atoms with Gasteiger partial charge in [0.1, 0.15) is 11.8 Å². The molecule has 0 bridgehead atoms. The number of amides is 1. The maximum absolute atomic E-state index is 12.3. The lowest BCUT2D eigenvalue weighted by atomic mass is 10.1. The van der Waals surface area contributed by atoms with Crippen molar-refractivity contribution in [3.8, 4) is 0 Å². The van der Waals surface area contributed by atoms with E-state index in [-0.39, 0.29) is 18.0 Å². The lowest BCUT2D eigenvalue weighted by Gasteiger charge is -2.29. The first kappa shape index (κ1) is 17.6. The summed E-state index contributed by atoms with van der Waals surface area (Å²) in [7, 11) is 1.76. The fourth-order valence-electron chi connectivity index (χ4n) is 3.56. The number of anilines is 1. The van der Waals surface area contributed by atoms with Gasteiger partial charge in [-0.1, -0.05) is 0 Å². The van der Waals surface area contributed by atoms with E-state index in [0.717, 1.165) is 25.7 Å². The highest BCUT2D eigenvalue weighted by molar-refractivity contribution is 5.81. The van der Waals surface area contributed by atoms with E-state index in [1.54, 1.807) is 18.3 Å². The van der Waals surface area contributed by atoms with Gasteiger partial charge in [0.05, 0.1) is 24.5 Å². The van der Waals surface area contributed by atoms with E-state index in [1.807, 2.05) is 4.57 Å². The highest BCUT2D eigenvalue weighted by Crippen LogP contribution is 2.35. The fourth-order valence-corrected chi connectivity index (χ4v) is 3.56. The molecule has 0 unspecified atom stereocenters. The molecule has 1 fully saturated rings. The number of unbranched alkanes of at least 4 members (excludes halogenated alkanes) is 1. The van der Waals surface area contributed by atoms with Crippen LogP contribution in [0, 0.1) is 0 Å². The predicted octanol–water partition coefficient (Wildman–Crippen LogP) is 0.0603. The number of aliphatic hydroxyl groups is 1. The zero-order valence-corrected chi connectivity index (χ0v) is 14.4. The van der Waals surface area contributed by atoms with Crippen LogP contribution in [0.5, 0.6) is 0 Å². The van der Waals surface area contributed by atoms with E-state index in [4.69, 9.17) is 11.5 Å². The maximum Gasteiger partial charge on any atom is 0.222 e. The number of hydrogen-bond donors (Lipinski definition) is 3. The van der Waals surface area contributed by atoms with Crippen LogP contribution < -0.4 is 11.5 Å². The minimum absolute atomic E-state index is 0.0419. The van der Waals surface area contributed by atoms with Gasteiger partial charge in [-0.3, -0.25) is 4.79 Å². The van der Waals surface area contributed by atoms with Crippen molar-refractivity contribution < 1.29 is 9.90 Å². The lowest BCUT2D eigenvalue weighted by molar-refractivity contribution is -0.134. The second-order valence-corrected chi connectivity index (χ2v) is 6.54. The number of carbonyl (C=O) groups excluding carboxylic acids is 1. The van der Waals surface area contributed by atoms with E-state index in [2.05, 4.69) is 15.0 Å². The Labute approximate surface area is 146 Å². The van der Waals surface area contributed by atoms with Crippen LogP contribution in [0.4, 0.5) is 5.82 Å². The standard InChI is InChI=1S/C16H25N7O2/c1-22(12(24)4-2-3-7-17)10-5-6-11(14(10)25)23-9-21-13-15(18)19-8-20-16(13)23/h8-11,14,25H,2-7,17H2,1H3,(H2,18,19,20)/t10-,11+,14+/m1/s1. The number of rotatable bonds is 6. The Morgan fingerprint density at radius 3 is 2.92 bits per heavy atom. The SMILES string of the molecule is CN(C(=O)CCCCN)[C@@H]1CC[C@H](n2cnc3c(N)ncnc32)[C@H]1O. The first-order chi connectivity index (χ1) is 12.0. The van der Waals surface area contributed by atoms with Crippen LogP contribution >= 0.6 is 0 Å². The fraction of sp³-hybridized carbons (Fsp3) is 0.625. The van der Waals surface area contributed by atoms with Crippen LogP contribution in [0.25, 0.3) is 11.2 Å². The van der Waals surface area contributed by atoms with Gasteiger partial charge in [-0.25, -0.2) is 15.0 Å². The third-order valence-corrected chi connectivity index (χ3v) is 5.03. The van der Waals surface area contributed by atoms with Gasteiger partial charge in [-0.2, -0.15) is 0 Å². The monoisotopic (exact) mass is 347 g/mol. The average molecular weight is 347 g/mol. The van der Waals surface area contributed by atoms with Crippen molar-refractivity contribution in [2.45, 2.75) is 50.3 Å². The van der Waals surface area contributed by atoms with Crippen molar-refractivity contribution in [2.24, 2.45) is 5.73 Å². The van der Waals surface area contributed by atoms with Crippen LogP contribution in [0.1, 0.15) is 38.1 Å². The summed E-state index contributed by atoms with van der Waals surface area (Å²) < 4.78 is 1.84. The predicted molar refractivity (Wildman–Crippen MR) is 93.5 cm³/mol. The van der Waals surface area contributed by atoms with Gasteiger partial charge in [0.2, 0.25) is 5.91 Å². The van der Waals surface area contributed by atoms with E-state index >= 15 is 0 Å². The Kier molecular flexibility index (Phi) is 5.14. The summed E-state index contributed by atoms with van der Waals surface area (Å²) in [5.74, 6) is 0.361. The second kappa shape index (κ2) is 7.32. The number of likely N-dealkylation sites (N-methyl/N-ethyl adjacent to an activating group) is 1. The first-order valence-corrected chi connectivity index (χ1v) is 8.61. The zero-order chi connectivity index (χ0) is 18.0.